The van der Waals surface area contributed by atoms with Crippen LogP contribution in [0.1, 0.15) is 18.3 Å². The van der Waals surface area contributed by atoms with E-state index in [1.165, 1.54) is 6.92 Å². The van der Waals surface area contributed by atoms with Gasteiger partial charge in [-0.25, -0.2) is 9.97 Å². The van der Waals surface area contributed by atoms with Crippen molar-refractivity contribution in [2.45, 2.75) is 20.3 Å². The van der Waals surface area contributed by atoms with Gasteiger partial charge in [-0.1, -0.05) is 11.6 Å². The van der Waals surface area contributed by atoms with Crippen LogP contribution in [-0.2, 0) is 11.2 Å². The highest BCUT2D eigenvalue weighted by molar-refractivity contribution is 6.30. The van der Waals surface area contributed by atoms with Gasteiger partial charge in [0.2, 0.25) is 0 Å². The predicted molar refractivity (Wildman–Crippen MR) is 50.6 cm³/mol. The average molecular weight is 200 g/mol. The number of aromatic nitrogens is 2. The zero-order valence-electron chi connectivity index (χ0n) is 7.47. The molecule has 2 N–H and O–H groups in total. The van der Waals surface area contributed by atoms with Crippen LogP contribution in [0.15, 0.2) is 0 Å². The van der Waals surface area contributed by atoms with Crippen LogP contribution in [-0.4, -0.2) is 15.8 Å². The van der Waals surface area contributed by atoms with Gasteiger partial charge >= 0.3 is 0 Å². The molecule has 0 aliphatic rings. The Bertz CT molecular complexity index is 328. The second kappa shape index (κ2) is 3.70. The van der Waals surface area contributed by atoms with Crippen LogP contribution in [0, 0.1) is 6.92 Å². The fraction of sp³-hybridized carbons (Fsp3) is 0.375. The first-order valence-corrected chi connectivity index (χ1v) is 4.16. The number of hydrogen-bond donors (Lipinski definition) is 1. The molecule has 0 aromatic carbocycles. The van der Waals surface area contributed by atoms with Crippen molar-refractivity contribution in [3.8, 4) is 0 Å². The molecule has 0 fully saturated rings. The van der Waals surface area contributed by atoms with Crippen LogP contribution in [0.4, 0.5) is 5.82 Å². The molecule has 4 nitrogen and oxygen atoms in total. The molecule has 0 saturated heterocycles. The van der Waals surface area contributed by atoms with E-state index in [0.29, 0.717) is 11.4 Å². The maximum absolute atomic E-state index is 10.8. The number of nitrogens with two attached hydrogens (primary N) is 1. The first kappa shape index (κ1) is 9.92. The predicted octanol–water partition coefficient (Wildman–Crippen LogP) is 1.15. The van der Waals surface area contributed by atoms with Gasteiger partial charge in [0.25, 0.3) is 0 Å². The molecule has 1 heterocycles. The number of aryl methyl sites for hydroxylation is 1. The Labute approximate surface area is 81.1 Å². The largest absolute Gasteiger partial charge is 0.383 e. The van der Waals surface area contributed by atoms with Gasteiger partial charge in [0, 0.05) is 12.0 Å². The molecule has 1 aromatic rings. The summed E-state index contributed by atoms with van der Waals surface area (Å²) < 4.78 is 0. The second-order valence-corrected chi connectivity index (χ2v) is 3.16. The average Bonchev–Trinajstić information content (AvgIpc) is 1.96. The normalized spacial score (nSPS) is 10.1. The van der Waals surface area contributed by atoms with E-state index in [-0.39, 0.29) is 23.2 Å². The number of ketones is 1. The minimum absolute atomic E-state index is 0.0129. The number of anilines is 1. The van der Waals surface area contributed by atoms with Crippen molar-refractivity contribution in [3.63, 3.8) is 0 Å². The maximum Gasteiger partial charge on any atom is 0.138 e. The standard InChI is InChI=1S/C8H10ClN3O/c1-4(13)3-6-7(9)11-5(2)12-8(6)10/h3H2,1-2H3,(H2,10,11,12). The fourth-order valence-corrected chi connectivity index (χ4v) is 1.28. The van der Waals surface area contributed by atoms with Crippen LogP contribution in [0.5, 0.6) is 0 Å². The van der Waals surface area contributed by atoms with E-state index in [1.54, 1.807) is 6.92 Å². The van der Waals surface area contributed by atoms with Crippen molar-refractivity contribution in [3.05, 3.63) is 16.5 Å². The Morgan fingerprint density at radius 1 is 1.54 bits per heavy atom. The number of nitrogen functional groups attached to an aromatic ring is 1. The first-order valence-electron chi connectivity index (χ1n) is 3.78. The first-order chi connectivity index (χ1) is 6.00. The van der Waals surface area contributed by atoms with Crippen LogP contribution in [0.3, 0.4) is 0 Å². The molecule has 5 heteroatoms. The van der Waals surface area contributed by atoms with E-state index in [4.69, 9.17) is 17.3 Å². The molecule has 1 aromatic heterocycles. The van der Waals surface area contributed by atoms with Gasteiger partial charge in [-0.05, 0) is 13.8 Å². The summed E-state index contributed by atoms with van der Waals surface area (Å²) in [5, 5.41) is 0.264. The van der Waals surface area contributed by atoms with Gasteiger partial charge in [-0.15, -0.1) is 0 Å². The molecule has 0 bridgehead atoms. The quantitative estimate of drug-likeness (QED) is 0.726. The molecule has 1 rings (SSSR count). The second-order valence-electron chi connectivity index (χ2n) is 2.80. The van der Waals surface area contributed by atoms with Gasteiger partial charge in [-0.3, -0.25) is 4.79 Å². The molecule has 0 radical (unpaired) electrons. The lowest BCUT2D eigenvalue weighted by Crippen LogP contribution is -2.06. The Kier molecular flexibility index (Phi) is 2.83. The van der Waals surface area contributed by atoms with Gasteiger partial charge in [0.15, 0.2) is 0 Å². The third-order valence-electron chi connectivity index (χ3n) is 1.53. The zero-order chi connectivity index (χ0) is 10.0. The number of nitrogens with zero attached hydrogens (tertiary/aromatic N) is 2. The van der Waals surface area contributed by atoms with E-state index >= 15 is 0 Å². The molecule has 70 valence electrons. The molecule has 0 aliphatic heterocycles. The third kappa shape index (κ3) is 2.39. The van der Waals surface area contributed by atoms with Crippen molar-refractivity contribution in [2.24, 2.45) is 0 Å². The highest BCUT2D eigenvalue weighted by atomic mass is 35.5. The van der Waals surface area contributed by atoms with E-state index in [9.17, 15) is 4.79 Å². The number of carbonyl (C=O) groups excluding carboxylic acids is 1. The van der Waals surface area contributed by atoms with Gasteiger partial charge in [-0.2, -0.15) is 0 Å². The summed E-state index contributed by atoms with van der Waals surface area (Å²) in [4.78, 5) is 18.7. The minimum atomic E-state index is -0.0129. The van der Waals surface area contributed by atoms with Crippen LogP contribution < -0.4 is 5.73 Å². The topological polar surface area (TPSA) is 68.9 Å². The Hall–Kier alpha value is -1.16. The molecule has 0 unspecified atom stereocenters. The maximum atomic E-state index is 10.8. The third-order valence-corrected chi connectivity index (χ3v) is 1.84. The van der Waals surface area contributed by atoms with Crippen molar-refractivity contribution in [2.75, 3.05) is 5.73 Å². The number of Topliss-reactive ketones (excluding diaryl/α,β-unsaturated/α-hetero) is 1. The molecule has 0 atom stereocenters. The Morgan fingerprint density at radius 2 is 2.15 bits per heavy atom. The summed E-state index contributed by atoms with van der Waals surface area (Å²) in [6.07, 6.45) is 0.185. The summed E-state index contributed by atoms with van der Waals surface area (Å²) in [5.74, 6) is 0.781. The summed E-state index contributed by atoms with van der Waals surface area (Å²) in [5.41, 5.74) is 6.10. The summed E-state index contributed by atoms with van der Waals surface area (Å²) >= 11 is 5.80. The highest BCUT2D eigenvalue weighted by Gasteiger charge is 2.10. The van der Waals surface area contributed by atoms with Crippen molar-refractivity contribution < 1.29 is 4.79 Å². The lowest BCUT2D eigenvalue weighted by Gasteiger charge is -2.04. The molecular weight excluding hydrogens is 190 g/mol. The van der Waals surface area contributed by atoms with Crippen molar-refractivity contribution in [1.82, 2.24) is 9.97 Å². The lowest BCUT2D eigenvalue weighted by molar-refractivity contribution is -0.116. The highest BCUT2D eigenvalue weighted by Crippen LogP contribution is 2.19. The lowest BCUT2D eigenvalue weighted by atomic mass is 10.2. The fourth-order valence-electron chi connectivity index (χ4n) is 0.994. The molecule has 0 spiro atoms. The van der Waals surface area contributed by atoms with Crippen molar-refractivity contribution in [1.29, 1.82) is 0 Å². The Morgan fingerprint density at radius 3 is 2.62 bits per heavy atom. The van der Waals surface area contributed by atoms with Crippen LogP contribution in [0.2, 0.25) is 5.15 Å². The van der Waals surface area contributed by atoms with Crippen LogP contribution in [0.25, 0.3) is 0 Å². The summed E-state index contributed by atoms with van der Waals surface area (Å²) in [6, 6.07) is 0. The number of hydrogen-bond acceptors (Lipinski definition) is 4. The summed E-state index contributed by atoms with van der Waals surface area (Å²) in [6.45, 7) is 3.16. The number of rotatable bonds is 2. The number of halogens is 1. The monoisotopic (exact) mass is 199 g/mol. The van der Waals surface area contributed by atoms with E-state index in [1.807, 2.05) is 0 Å². The molecule has 0 saturated carbocycles. The van der Waals surface area contributed by atoms with Gasteiger partial charge < -0.3 is 5.73 Å². The van der Waals surface area contributed by atoms with E-state index in [0.717, 1.165) is 0 Å². The van der Waals surface area contributed by atoms with Crippen molar-refractivity contribution >= 4 is 23.2 Å². The Balaban J connectivity index is 3.13. The molecular formula is C8H10ClN3O. The number of carbonyl (C=O) groups is 1. The smallest absolute Gasteiger partial charge is 0.138 e. The van der Waals surface area contributed by atoms with Gasteiger partial charge in [0.05, 0.1) is 0 Å². The van der Waals surface area contributed by atoms with E-state index < -0.39 is 0 Å². The molecule has 0 aliphatic carbocycles. The van der Waals surface area contributed by atoms with E-state index in [2.05, 4.69) is 9.97 Å². The molecule has 0 amide bonds. The van der Waals surface area contributed by atoms with Crippen LogP contribution >= 0.6 is 11.6 Å². The molecule has 13 heavy (non-hydrogen) atoms. The summed E-state index contributed by atoms with van der Waals surface area (Å²) in [7, 11) is 0. The van der Waals surface area contributed by atoms with Gasteiger partial charge in [0.1, 0.15) is 22.6 Å². The minimum Gasteiger partial charge on any atom is -0.383 e. The zero-order valence-corrected chi connectivity index (χ0v) is 8.22. The SMILES string of the molecule is CC(=O)Cc1c(N)nc(C)nc1Cl.